The molecule has 1 aliphatic rings. The lowest BCUT2D eigenvalue weighted by molar-refractivity contribution is -0.137. The molecule has 0 saturated carbocycles. The van der Waals surface area contributed by atoms with Crippen LogP contribution in [0.3, 0.4) is 0 Å². The lowest BCUT2D eigenvalue weighted by Crippen LogP contribution is -2.61. The number of aliphatic hydroxyl groups is 1. The second kappa shape index (κ2) is 34.5. The fourth-order valence-corrected chi connectivity index (χ4v) is 7.65. The van der Waals surface area contributed by atoms with Crippen LogP contribution < -0.4 is 72.0 Å². The normalized spacial score (nSPS) is 16.5. The van der Waals surface area contributed by atoms with E-state index in [-0.39, 0.29) is 82.8 Å². The Morgan fingerprint density at radius 3 is 2.12 bits per heavy atom. The number of guanidine groups is 1. The van der Waals surface area contributed by atoms with Crippen LogP contribution in [-0.2, 0) is 49.6 Å². The molecule has 1 unspecified atom stereocenters. The molecule has 23 N–H and O–H groups in total. The Balaban J connectivity index is 2.32. The number of amides is 8. The van der Waals surface area contributed by atoms with Gasteiger partial charge in [0.15, 0.2) is 5.96 Å². The number of aromatic amines is 1. The molecule has 2 rings (SSSR count). The second-order valence-electron chi connectivity index (χ2n) is 18.0. The molecule has 0 radical (unpaired) electrons. The number of carbonyl (C=O) groups is 9. The molecule has 75 heavy (non-hydrogen) atoms. The molecule has 1 saturated heterocycles. The number of carbonyl (C=O) groups excluding carboxylic acids is 8. The van der Waals surface area contributed by atoms with Crippen molar-refractivity contribution in [2.24, 2.45) is 56.0 Å². The highest BCUT2D eigenvalue weighted by atomic mass is 16.4. The van der Waals surface area contributed by atoms with Gasteiger partial charge in [0, 0.05) is 37.9 Å². The van der Waals surface area contributed by atoms with Crippen LogP contribution in [0.25, 0.3) is 0 Å². The van der Waals surface area contributed by atoms with E-state index in [2.05, 4.69) is 51.9 Å². The molecule has 29 nitrogen and oxygen atoms in total. The van der Waals surface area contributed by atoms with Gasteiger partial charge in [-0.05, 0) is 89.8 Å². The first-order valence-electron chi connectivity index (χ1n) is 25.1. The molecule has 1 aromatic heterocycles. The minimum absolute atomic E-state index is 0.0390. The fraction of sp³-hybridized carbons (Fsp3) is 0.652. The van der Waals surface area contributed by atoms with Crippen molar-refractivity contribution in [3.8, 4) is 0 Å². The number of aliphatic carboxylic acids is 1. The van der Waals surface area contributed by atoms with Crippen molar-refractivity contribution in [3.63, 3.8) is 0 Å². The molecule has 0 spiro atoms. The number of nitrogens with two attached hydrogens (primary N) is 7. The molecule has 2 heterocycles. The highest BCUT2D eigenvalue weighted by molar-refractivity contribution is 6.40. The average molecular weight is 1060 g/mol. The molecule has 1 aliphatic heterocycles. The minimum Gasteiger partial charge on any atom is -0.477 e. The Morgan fingerprint density at radius 2 is 1.52 bits per heavy atom. The van der Waals surface area contributed by atoms with Gasteiger partial charge < -0.3 is 92.1 Å². The number of H-pyrrole nitrogens is 1. The molecule has 1 fully saturated rings. The van der Waals surface area contributed by atoms with Gasteiger partial charge >= 0.3 is 5.97 Å². The van der Waals surface area contributed by atoms with Crippen LogP contribution in [-0.4, -0.2) is 178 Å². The summed E-state index contributed by atoms with van der Waals surface area (Å²) in [6, 6.07) is -7.68. The number of carboxylic acids is 1. The van der Waals surface area contributed by atoms with Gasteiger partial charge in [-0.1, -0.05) is 32.8 Å². The van der Waals surface area contributed by atoms with Gasteiger partial charge in [-0.2, -0.15) is 0 Å². The summed E-state index contributed by atoms with van der Waals surface area (Å²) in [4.78, 5) is 137. The zero-order chi connectivity index (χ0) is 56.0. The number of aromatic nitrogens is 2. The largest absolute Gasteiger partial charge is 0.477 e. The van der Waals surface area contributed by atoms with Crippen LogP contribution in [0.1, 0.15) is 96.6 Å². The number of hydrogen-bond donors (Lipinski definition) is 16. The van der Waals surface area contributed by atoms with Crippen LogP contribution in [0.15, 0.2) is 34.3 Å². The number of nitrogens with one attached hydrogen (secondary N) is 7. The number of aliphatic imine (C=N–C) groups is 2. The van der Waals surface area contributed by atoms with Gasteiger partial charge in [-0.25, -0.2) is 14.8 Å². The highest BCUT2D eigenvalue weighted by Crippen LogP contribution is 2.20. The molecule has 0 aromatic carbocycles. The summed E-state index contributed by atoms with van der Waals surface area (Å²) >= 11 is 0. The van der Waals surface area contributed by atoms with E-state index < -0.39 is 120 Å². The fourth-order valence-electron chi connectivity index (χ4n) is 7.65. The summed E-state index contributed by atoms with van der Waals surface area (Å²) in [6.07, 6.45) is 5.63. The smallest absolute Gasteiger partial charge is 0.352 e. The molecule has 8 amide bonds. The maximum atomic E-state index is 14.2. The molecule has 420 valence electrons. The summed E-state index contributed by atoms with van der Waals surface area (Å²) in [5.74, 6) is -8.83. The van der Waals surface area contributed by atoms with Crippen molar-refractivity contribution in [1.29, 1.82) is 0 Å². The minimum atomic E-state index is -1.58. The number of rotatable bonds is 35. The third-order valence-corrected chi connectivity index (χ3v) is 12.1. The van der Waals surface area contributed by atoms with Crippen LogP contribution in [0.2, 0.25) is 0 Å². The van der Waals surface area contributed by atoms with E-state index in [0.29, 0.717) is 50.8 Å². The topological polar surface area (TPSA) is 505 Å². The Bertz CT molecular complexity index is 2140. The van der Waals surface area contributed by atoms with Crippen LogP contribution in [0.5, 0.6) is 0 Å². The molecule has 1 aromatic rings. The quantitative estimate of drug-likeness (QED) is 0.0130. The Hall–Kier alpha value is -6.92. The number of unbranched alkanes of at least 4 members (excludes halogenated alkanes) is 2. The van der Waals surface area contributed by atoms with Crippen molar-refractivity contribution in [2.45, 2.75) is 140 Å². The van der Waals surface area contributed by atoms with Crippen LogP contribution in [0, 0.1) is 5.92 Å². The summed E-state index contributed by atoms with van der Waals surface area (Å²) < 4.78 is 0. The van der Waals surface area contributed by atoms with Crippen molar-refractivity contribution in [1.82, 2.24) is 46.8 Å². The summed E-state index contributed by atoms with van der Waals surface area (Å²) in [5, 5.41) is 35.4. The zero-order valence-electron chi connectivity index (χ0n) is 42.9. The van der Waals surface area contributed by atoms with Gasteiger partial charge in [-0.3, -0.25) is 43.3 Å². The van der Waals surface area contributed by atoms with E-state index in [1.54, 1.807) is 13.8 Å². The molecular formula is C46H80N18O11. The lowest BCUT2D eigenvalue weighted by atomic mass is 9.97. The first-order chi connectivity index (χ1) is 35.7. The standard InChI is InChI=1S/C46H80N18O11/c1-3-26(2)36(62-43(72)37(34(65)22-50)63-38(67)28(51)11-4-6-16-47)42(71)56-24-35(66)58-30(13-8-18-49)44(73)64-20-10-15-33(64)41(70)61-32(21-27-23-54-25-57-27)40(69)59-29(12-5-7-17-48)39(68)60-31(45(74)75)14-9-19-55-46(52)53/h14,23,25-26,28-29,32-34,36-37,65H,3-13,15-22,24,47-51H2,1-2H3,(H,54,57)(H,56,71)(H,59,69)(H,60,68)(H,61,70)(H,62,72)(H,63,67)(H,74,75)(H4,52,53,55)/b31-14-,58-30?/t26-,28-,29-,32-,33-,34-,36?,37-/m0/s1. The van der Waals surface area contributed by atoms with E-state index in [1.807, 2.05) is 0 Å². The monoisotopic (exact) mass is 1060 g/mol. The first kappa shape index (κ1) is 64.2. The number of imidazole rings is 1. The Morgan fingerprint density at radius 1 is 0.853 bits per heavy atom. The second-order valence-corrected chi connectivity index (χ2v) is 18.0. The third-order valence-electron chi connectivity index (χ3n) is 12.1. The number of hydrogen-bond acceptors (Lipinski definition) is 17. The van der Waals surface area contributed by atoms with E-state index >= 15 is 0 Å². The number of likely N-dealkylation sites (tertiary alicyclic amines) is 1. The predicted octanol–water partition coefficient (Wildman–Crippen LogP) is -5.60. The van der Waals surface area contributed by atoms with E-state index in [1.165, 1.54) is 23.5 Å². The lowest BCUT2D eigenvalue weighted by Gasteiger charge is -2.28. The molecular weight excluding hydrogens is 981 g/mol. The zero-order valence-corrected chi connectivity index (χ0v) is 42.9. The number of aliphatic hydroxyl groups excluding tert-OH is 1. The van der Waals surface area contributed by atoms with Crippen molar-refractivity contribution < 1.29 is 53.4 Å². The maximum absolute atomic E-state index is 14.2. The molecule has 0 bridgehead atoms. The first-order valence-corrected chi connectivity index (χ1v) is 25.1. The predicted molar refractivity (Wildman–Crippen MR) is 276 cm³/mol. The summed E-state index contributed by atoms with van der Waals surface area (Å²) in [6.45, 7) is 3.12. The van der Waals surface area contributed by atoms with Crippen LogP contribution in [0.4, 0.5) is 0 Å². The third kappa shape index (κ3) is 22.6. The SMILES string of the molecule is CC[C@H](C)C(NC(=O)[C@@H](NC(=O)[C@@H](N)CCCCN)[C@@H](O)CN)C(=O)NCC(=O)N=C(CCCN)C(=O)N1CCC[C@H]1C(=O)N[C@@H](Cc1cnc[nH]1)C(=O)N[C@@H](CCCCN)C(=O)N/C(=C\CCN=C(N)N)C(=O)O. The van der Waals surface area contributed by atoms with Crippen molar-refractivity contribution in [3.05, 3.63) is 30.0 Å². The summed E-state index contributed by atoms with van der Waals surface area (Å²) in [7, 11) is 0. The van der Waals surface area contributed by atoms with Crippen LogP contribution >= 0.6 is 0 Å². The van der Waals surface area contributed by atoms with Gasteiger partial charge in [0.2, 0.25) is 35.4 Å². The Kier molecular flexibility index (Phi) is 29.6. The molecule has 0 aliphatic carbocycles. The Labute approximate surface area is 435 Å². The van der Waals surface area contributed by atoms with E-state index in [9.17, 15) is 53.4 Å². The van der Waals surface area contributed by atoms with Gasteiger partial charge in [0.05, 0.1) is 25.0 Å². The highest BCUT2D eigenvalue weighted by Gasteiger charge is 2.39. The van der Waals surface area contributed by atoms with Crippen molar-refractivity contribution in [2.75, 3.05) is 45.8 Å². The van der Waals surface area contributed by atoms with Gasteiger partial charge in [0.25, 0.3) is 11.8 Å². The molecule has 29 heteroatoms. The van der Waals surface area contributed by atoms with E-state index in [4.69, 9.17) is 40.1 Å². The van der Waals surface area contributed by atoms with Crippen molar-refractivity contribution >= 4 is 64.9 Å². The van der Waals surface area contributed by atoms with E-state index in [0.717, 1.165) is 0 Å². The maximum Gasteiger partial charge on any atom is 0.352 e. The molecule has 8 atom stereocenters. The summed E-state index contributed by atoms with van der Waals surface area (Å²) in [5.41, 5.74) is 38.9. The van der Waals surface area contributed by atoms with Gasteiger partial charge in [-0.15, -0.1) is 0 Å². The average Bonchev–Trinajstić information content (AvgIpc) is 4.10. The van der Waals surface area contributed by atoms with Gasteiger partial charge in [0.1, 0.15) is 41.6 Å². The number of carboxylic acid groups (broad SMARTS) is 1. The number of nitrogens with zero attached hydrogens (tertiary/aromatic N) is 4.